The lowest BCUT2D eigenvalue weighted by molar-refractivity contribution is -0.121. The molecule has 1 aromatic heterocycles. The second kappa shape index (κ2) is 16.3. The SMILES string of the molecule is COc1ccc(C(CC(=O)NCCn2c(CO)nc3ccccc32)c2c(O)cc3c(c2O)C(=O)O[C@@H](C)CCCC(=O)CCC/C=C/3)cc1. The van der Waals surface area contributed by atoms with Gasteiger partial charge in [-0.25, -0.2) is 9.78 Å². The molecule has 0 radical (unpaired) electrons. The number of Topliss-reactive ketones (excluding diaryl/α,β-unsaturated/α-hetero) is 1. The number of ketones is 1. The highest BCUT2D eigenvalue weighted by Crippen LogP contribution is 2.44. The molecule has 4 N–H and O–H groups in total. The van der Waals surface area contributed by atoms with Crippen LogP contribution in [0, 0.1) is 0 Å². The highest BCUT2D eigenvalue weighted by atomic mass is 16.5. The van der Waals surface area contributed by atoms with Gasteiger partial charge in [0.2, 0.25) is 5.91 Å². The quantitative estimate of drug-likeness (QED) is 0.162. The van der Waals surface area contributed by atoms with E-state index in [1.165, 1.54) is 13.2 Å². The van der Waals surface area contributed by atoms with Crippen LogP contribution in [0.1, 0.15) is 90.7 Å². The van der Waals surface area contributed by atoms with E-state index in [4.69, 9.17) is 9.47 Å². The zero-order valence-corrected chi connectivity index (χ0v) is 27.9. The normalized spacial score (nSPS) is 17.1. The van der Waals surface area contributed by atoms with Crippen LogP contribution < -0.4 is 10.1 Å². The van der Waals surface area contributed by atoms with Gasteiger partial charge in [-0.15, -0.1) is 0 Å². The number of allylic oxidation sites excluding steroid dienone is 1. The Bertz CT molecular complexity index is 1830. The summed E-state index contributed by atoms with van der Waals surface area (Å²) in [5.41, 5.74) is 2.36. The van der Waals surface area contributed by atoms with Crippen LogP contribution in [0.25, 0.3) is 17.1 Å². The van der Waals surface area contributed by atoms with Gasteiger partial charge in [0.25, 0.3) is 0 Å². The average molecular weight is 670 g/mol. The number of benzene rings is 3. The summed E-state index contributed by atoms with van der Waals surface area (Å²) >= 11 is 0. The Kier molecular flexibility index (Phi) is 11.7. The number of ether oxygens (including phenoxy) is 2. The van der Waals surface area contributed by atoms with E-state index < -0.39 is 23.7 Å². The monoisotopic (exact) mass is 669 g/mol. The third-order valence-corrected chi connectivity index (χ3v) is 8.84. The number of carbonyl (C=O) groups is 3. The van der Waals surface area contributed by atoms with E-state index in [2.05, 4.69) is 10.3 Å². The number of hydrogen-bond acceptors (Lipinski definition) is 9. The highest BCUT2D eigenvalue weighted by molar-refractivity contribution is 5.98. The molecule has 0 aliphatic carbocycles. The number of esters is 1. The zero-order valence-electron chi connectivity index (χ0n) is 27.9. The van der Waals surface area contributed by atoms with Crippen molar-refractivity contribution in [3.8, 4) is 17.2 Å². The van der Waals surface area contributed by atoms with Crippen molar-refractivity contribution in [1.29, 1.82) is 0 Å². The van der Waals surface area contributed by atoms with Gasteiger partial charge in [0.1, 0.15) is 41.0 Å². The molecular weight excluding hydrogens is 626 g/mol. The number of carbonyl (C=O) groups excluding carboxylic acids is 3. The molecule has 258 valence electrons. The Labute approximate surface area is 285 Å². The van der Waals surface area contributed by atoms with Gasteiger partial charge in [0.05, 0.1) is 24.2 Å². The minimum Gasteiger partial charge on any atom is -0.507 e. The van der Waals surface area contributed by atoms with Crippen molar-refractivity contribution in [3.05, 3.63) is 88.8 Å². The van der Waals surface area contributed by atoms with Crippen LogP contribution in [0.4, 0.5) is 0 Å². The summed E-state index contributed by atoms with van der Waals surface area (Å²) in [5.74, 6) is -1.50. The van der Waals surface area contributed by atoms with Crippen molar-refractivity contribution in [2.75, 3.05) is 13.7 Å². The van der Waals surface area contributed by atoms with Gasteiger partial charge >= 0.3 is 5.97 Å². The Morgan fingerprint density at radius 2 is 1.86 bits per heavy atom. The van der Waals surface area contributed by atoms with E-state index in [0.29, 0.717) is 62.2 Å². The molecule has 1 amide bonds. The number of aromatic nitrogens is 2. The van der Waals surface area contributed by atoms with Crippen LogP contribution >= 0.6 is 0 Å². The molecule has 11 heteroatoms. The van der Waals surface area contributed by atoms with Crippen LogP contribution in [0.3, 0.4) is 0 Å². The number of phenolic OH excluding ortho intramolecular Hbond substituents is 2. The van der Waals surface area contributed by atoms with E-state index in [-0.39, 0.29) is 53.7 Å². The predicted octanol–water partition coefficient (Wildman–Crippen LogP) is 5.77. The zero-order chi connectivity index (χ0) is 34.9. The number of nitrogens with zero attached hydrogens (tertiary/aromatic N) is 2. The first kappa shape index (κ1) is 35.2. The summed E-state index contributed by atoms with van der Waals surface area (Å²) in [6, 6.07) is 15.8. The second-order valence-electron chi connectivity index (χ2n) is 12.3. The van der Waals surface area contributed by atoms with Crippen molar-refractivity contribution in [2.24, 2.45) is 0 Å². The number of imidazole rings is 1. The first-order chi connectivity index (χ1) is 23.7. The molecular formula is C38H43N3O8. The van der Waals surface area contributed by atoms with E-state index >= 15 is 0 Å². The standard InChI is InChI=1S/C38H43N3O8/c1-24-9-8-12-27(43)11-5-3-4-10-26-21-32(44)36(37(46)35(26)38(47)49-24)29(25-15-17-28(48-2)18-16-25)22-34(45)39-19-20-41-31-14-7-6-13-30(31)40-33(41)23-42/h4,6-7,10,13-18,21,24,29,42,44,46H,3,5,8-9,11-12,19-20,22-23H2,1-2H3,(H,39,45)/b10-4+/t24-,29?/m0/s1. The summed E-state index contributed by atoms with van der Waals surface area (Å²) < 4.78 is 12.9. The van der Waals surface area contributed by atoms with E-state index in [1.54, 1.807) is 43.3 Å². The summed E-state index contributed by atoms with van der Waals surface area (Å²) in [6.07, 6.45) is 5.90. The summed E-state index contributed by atoms with van der Waals surface area (Å²) in [7, 11) is 1.54. The Morgan fingerprint density at radius 3 is 2.61 bits per heavy atom. The summed E-state index contributed by atoms with van der Waals surface area (Å²) in [6.45, 7) is 2.07. The fourth-order valence-electron chi connectivity index (χ4n) is 6.30. The maximum absolute atomic E-state index is 13.6. The Balaban J connectivity index is 1.46. The van der Waals surface area contributed by atoms with Crippen LogP contribution in [0.5, 0.6) is 17.2 Å². The number of amides is 1. The van der Waals surface area contributed by atoms with E-state index in [1.807, 2.05) is 28.8 Å². The fourth-order valence-corrected chi connectivity index (χ4v) is 6.30. The third kappa shape index (κ3) is 8.47. The number of hydrogen-bond donors (Lipinski definition) is 4. The van der Waals surface area contributed by atoms with Crippen molar-refractivity contribution >= 4 is 34.8 Å². The van der Waals surface area contributed by atoms with Crippen molar-refractivity contribution in [2.45, 2.75) is 77.0 Å². The van der Waals surface area contributed by atoms with Crippen molar-refractivity contribution in [1.82, 2.24) is 14.9 Å². The molecule has 0 bridgehead atoms. The molecule has 49 heavy (non-hydrogen) atoms. The van der Waals surface area contributed by atoms with E-state index in [0.717, 1.165) is 11.0 Å². The number of phenols is 2. The first-order valence-electron chi connectivity index (χ1n) is 16.6. The molecule has 0 saturated carbocycles. The molecule has 1 aliphatic rings. The molecule has 11 nitrogen and oxygen atoms in total. The predicted molar refractivity (Wildman–Crippen MR) is 185 cm³/mol. The topological polar surface area (TPSA) is 160 Å². The van der Waals surface area contributed by atoms with Gasteiger partial charge in [0, 0.05) is 43.8 Å². The molecule has 3 aromatic carbocycles. The van der Waals surface area contributed by atoms with Gasteiger partial charge < -0.3 is 34.7 Å². The second-order valence-corrected chi connectivity index (χ2v) is 12.3. The number of nitrogens with one attached hydrogen (secondary N) is 1. The molecule has 5 rings (SSSR count). The largest absolute Gasteiger partial charge is 0.507 e. The third-order valence-electron chi connectivity index (χ3n) is 8.84. The minimum absolute atomic E-state index is 0.0203. The van der Waals surface area contributed by atoms with Crippen LogP contribution in [-0.2, 0) is 27.5 Å². The smallest absolute Gasteiger partial charge is 0.342 e. The fraction of sp³-hybridized carbons (Fsp3) is 0.368. The van der Waals surface area contributed by atoms with E-state index in [9.17, 15) is 29.7 Å². The van der Waals surface area contributed by atoms with Gasteiger partial charge in [-0.1, -0.05) is 36.4 Å². The van der Waals surface area contributed by atoms with Gasteiger partial charge in [-0.3, -0.25) is 9.59 Å². The molecule has 4 aromatic rings. The average Bonchev–Trinajstić information content (AvgIpc) is 3.44. The van der Waals surface area contributed by atoms with Gasteiger partial charge in [-0.2, -0.15) is 0 Å². The number of fused-ring (bicyclic) bond motifs is 2. The van der Waals surface area contributed by atoms with Crippen LogP contribution in [-0.4, -0.2) is 62.3 Å². The number of methoxy groups -OCH3 is 1. The Morgan fingerprint density at radius 1 is 1.10 bits per heavy atom. The lowest BCUT2D eigenvalue weighted by Crippen LogP contribution is -2.29. The molecule has 0 spiro atoms. The van der Waals surface area contributed by atoms with Crippen LogP contribution in [0.15, 0.2) is 60.7 Å². The number of rotatable bonds is 9. The first-order valence-corrected chi connectivity index (χ1v) is 16.6. The number of para-hydroxylation sites is 2. The molecule has 0 fully saturated rings. The number of aliphatic hydroxyl groups is 1. The summed E-state index contributed by atoms with van der Waals surface area (Å²) in [5, 5.41) is 36.0. The lowest BCUT2D eigenvalue weighted by atomic mass is 9.84. The highest BCUT2D eigenvalue weighted by Gasteiger charge is 2.31. The minimum atomic E-state index is -0.855. The maximum atomic E-state index is 13.6. The lowest BCUT2D eigenvalue weighted by Gasteiger charge is -2.23. The summed E-state index contributed by atoms with van der Waals surface area (Å²) in [4.78, 5) is 43.8. The van der Waals surface area contributed by atoms with Crippen molar-refractivity contribution in [3.63, 3.8) is 0 Å². The Hall–Kier alpha value is -5.16. The number of aliphatic hydroxyl groups excluding tert-OH is 1. The van der Waals surface area contributed by atoms with Crippen molar-refractivity contribution < 1.29 is 39.2 Å². The number of aromatic hydroxyl groups is 2. The molecule has 2 heterocycles. The molecule has 0 saturated heterocycles. The van der Waals surface area contributed by atoms with Gasteiger partial charge in [-0.05, 0) is 74.1 Å². The maximum Gasteiger partial charge on any atom is 0.342 e. The molecule has 2 atom stereocenters. The molecule has 1 unspecified atom stereocenters. The molecule has 1 aliphatic heterocycles. The van der Waals surface area contributed by atoms with Gasteiger partial charge in [0.15, 0.2) is 0 Å². The number of cyclic esters (lactones) is 1. The van der Waals surface area contributed by atoms with Crippen LogP contribution in [0.2, 0.25) is 0 Å².